The minimum atomic E-state index is -2.97. The highest BCUT2D eigenvalue weighted by Gasteiger charge is 2.20. The van der Waals surface area contributed by atoms with Crippen molar-refractivity contribution in [1.29, 1.82) is 0 Å². The van der Waals surface area contributed by atoms with Crippen LogP contribution in [-0.2, 0) is 4.79 Å². The van der Waals surface area contributed by atoms with E-state index >= 15 is 0 Å². The second kappa shape index (κ2) is 8.31. The molecular weight excluding hydrogens is 296 g/mol. The number of halogens is 2. The lowest BCUT2D eigenvalue weighted by molar-refractivity contribution is -0.142. The van der Waals surface area contributed by atoms with Crippen LogP contribution >= 0.6 is 0 Å². The Labute approximate surface area is 127 Å². The first-order valence-corrected chi connectivity index (χ1v) is 6.85. The molecule has 5 nitrogen and oxygen atoms in total. The molecule has 0 aromatic heterocycles. The van der Waals surface area contributed by atoms with Gasteiger partial charge in [0.1, 0.15) is 5.75 Å². The number of benzene rings is 1. The summed E-state index contributed by atoms with van der Waals surface area (Å²) >= 11 is 0. The van der Waals surface area contributed by atoms with Crippen molar-refractivity contribution in [3.8, 4) is 5.75 Å². The summed E-state index contributed by atoms with van der Waals surface area (Å²) in [6.07, 6.45) is 0.435. The quantitative estimate of drug-likeness (QED) is 0.773. The van der Waals surface area contributed by atoms with E-state index in [9.17, 15) is 18.4 Å². The first-order valence-electron chi connectivity index (χ1n) is 6.85. The summed E-state index contributed by atoms with van der Waals surface area (Å²) in [6.45, 7) is 0.790. The number of alkyl halides is 2. The minimum Gasteiger partial charge on any atom is -0.481 e. The van der Waals surface area contributed by atoms with Crippen LogP contribution in [0, 0.1) is 11.8 Å². The van der Waals surface area contributed by atoms with E-state index in [0.29, 0.717) is 6.42 Å². The normalized spacial score (nSPS) is 12.3. The van der Waals surface area contributed by atoms with Gasteiger partial charge in [0, 0.05) is 12.1 Å². The Morgan fingerprint density at radius 2 is 2.00 bits per heavy atom. The Bertz CT molecular complexity index is 520. The summed E-state index contributed by atoms with van der Waals surface area (Å²) in [6, 6.07) is 5.34. The second-order valence-corrected chi connectivity index (χ2v) is 5.28. The molecule has 0 aliphatic heterocycles. The zero-order chi connectivity index (χ0) is 16.7. The van der Waals surface area contributed by atoms with Gasteiger partial charge in [-0.15, -0.1) is 0 Å². The van der Waals surface area contributed by atoms with Crippen LogP contribution in [0.15, 0.2) is 24.3 Å². The van der Waals surface area contributed by atoms with Crippen molar-refractivity contribution < 1.29 is 28.2 Å². The first-order chi connectivity index (χ1) is 10.3. The summed E-state index contributed by atoms with van der Waals surface area (Å²) in [4.78, 5) is 23.1. The van der Waals surface area contributed by atoms with Gasteiger partial charge in [-0.2, -0.15) is 8.78 Å². The van der Waals surface area contributed by atoms with Gasteiger partial charge in [-0.05, 0) is 30.5 Å². The number of ether oxygens (including phenoxy) is 1. The van der Waals surface area contributed by atoms with E-state index in [1.54, 1.807) is 0 Å². The van der Waals surface area contributed by atoms with E-state index in [0.717, 1.165) is 0 Å². The zero-order valence-corrected chi connectivity index (χ0v) is 12.4. The number of aliphatic carboxylic acids is 1. The van der Waals surface area contributed by atoms with Crippen LogP contribution in [0.2, 0.25) is 0 Å². The number of hydrogen-bond donors (Lipinski definition) is 2. The lowest BCUT2D eigenvalue weighted by Gasteiger charge is -2.15. The van der Waals surface area contributed by atoms with Crippen molar-refractivity contribution >= 4 is 11.9 Å². The lowest BCUT2D eigenvalue weighted by Crippen LogP contribution is -2.33. The van der Waals surface area contributed by atoms with Gasteiger partial charge < -0.3 is 15.2 Å². The van der Waals surface area contributed by atoms with Crippen LogP contribution < -0.4 is 10.1 Å². The van der Waals surface area contributed by atoms with Crippen LogP contribution in [0.3, 0.4) is 0 Å². The number of carbonyl (C=O) groups is 2. The molecule has 0 fully saturated rings. The second-order valence-electron chi connectivity index (χ2n) is 5.28. The molecule has 0 saturated heterocycles. The van der Waals surface area contributed by atoms with Crippen LogP contribution in [0.4, 0.5) is 8.78 Å². The summed E-state index contributed by atoms with van der Waals surface area (Å²) < 4.78 is 28.5. The highest BCUT2D eigenvalue weighted by Crippen LogP contribution is 2.16. The molecule has 0 saturated carbocycles. The zero-order valence-electron chi connectivity index (χ0n) is 12.4. The topological polar surface area (TPSA) is 75.6 Å². The van der Waals surface area contributed by atoms with E-state index in [-0.39, 0.29) is 23.8 Å². The van der Waals surface area contributed by atoms with E-state index in [1.165, 1.54) is 24.3 Å². The average molecular weight is 315 g/mol. The number of rotatable bonds is 8. The third kappa shape index (κ3) is 6.07. The largest absolute Gasteiger partial charge is 0.481 e. The molecule has 7 heteroatoms. The molecule has 1 rings (SSSR count). The Morgan fingerprint density at radius 3 is 2.55 bits per heavy atom. The molecule has 0 aliphatic rings. The molecule has 22 heavy (non-hydrogen) atoms. The summed E-state index contributed by atoms with van der Waals surface area (Å²) in [5.41, 5.74) is 0.131. The summed E-state index contributed by atoms with van der Waals surface area (Å²) in [5.74, 6) is -2.15. The molecule has 122 valence electrons. The van der Waals surface area contributed by atoms with E-state index in [1.807, 2.05) is 13.8 Å². The number of carbonyl (C=O) groups excluding carboxylic acids is 1. The van der Waals surface area contributed by atoms with E-state index in [4.69, 9.17) is 5.11 Å². The van der Waals surface area contributed by atoms with Gasteiger partial charge in [0.25, 0.3) is 5.91 Å². The first kappa shape index (κ1) is 17.9. The van der Waals surface area contributed by atoms with Crippen LogP contribution in [0.5, 0.6) is 5.75 Å². The maximum Gasteiger partial charge on any atom is 0.387 e. The van der Waals surface area contributed by atoms with Gasteiger partial charge in [0.2, 0.25) is 0 Å². The third-order valence-corrected chi connectivity index (χ3v) is 2.94. The molecule has 0 aliphatic carbocycles. The fraction of sp³-hybridized carbons (Fsp3) is 0.467. The number of carboxylic acids is 1. The number of carboxylic acid groups (broad SMARTS) is 1. The number of amides is 1. The van der Waals surface area contributed by atoms with Crippen molar-refractivity contribution in [3.05, 3.63) is 29.8 Å². The van der Waals surface area contributed by atoms with Crippen molar-refractivity contribution in [2.75, 3.05) is 6.54 Å². The molecule has 2 N–H and O–H groups in total. The minimum absolute atomic E-state index is 0.0215. The molecule has 1 aromatic carbocycles. The van der Waals surface area contributed by atoms with Gasteiger partial charge in [0.05, 0.1) is 5.92 Å². The van der Waals surface area contributed by atoms with Crippen molar-refractivity contribution in [1.82, 2.24) is 5.32 Å². The van der Waals surface area contributed by atoms with Gasteiger partial charge in [-0.3, -0.25) is 9.59 Å². The molecule has 1 atom stereocenters. The number of nitrogens with one attached hydrogen (secondary N) is 1. The Balaban J connectivity index is 2.66. The Kier molecular flexibility index (Phi) is 6.75. The molecule has 1 aromatic rings. The molecular formula is C15H19F2NO4. The standard InChI is InChI=1S/C15H19F2NO4/c1-9(2)6-11(14(20)21)8-18-13(19)10-4-3-5-12(7-10)22-15(16)17/h3-5,7,9,11,15H,6,8H2,1-2H3,(H,18,19)(H,20,21). The van der Waals surface area contributed by atoms with Crippen LogP contribution in [0.25, 0.3) is 0 Å². The summed E-state index contributed by atoms with van der Waals surface area (Å²) in [7, 11) is 0. The Morgan fingerprint density at radius 1 is 1.32 bits per heavy atom. The summed E-state index contributed by atoms with van der Waals surface area (Å²) in [5, 5.41) is 11.6. The van der Waals surface area contributed by atoms with Gasteiger partial charge in [-0.25, -0.2) is 0 Å². The Hall–Kier alpha value is -2.18. The monoisotopic (exact) mass is 315 g/mol. The van der Waals surface area contributed by atoms with Gasteiger partial charge in [0.15, 0.2) is 0 Å². The molecule has 1 amide bonds. The average Bonchev–Trinajstić information content (AvgIpc) is 2.42. The smallest absolute Gasteiger partial charge is 0.387 e. The SMILES string of the molecule is CC(C)CC(CNC(=O)c1cccc(OC(F)F)c1)C(=O)O. The van der Waals surface area contributed by atoms with Crippen molar-refractivity contribution in [2.24, 2.45) is 11.8 Å². The van der Waals surface area contributed by atoms with E-state index in [2.05, 4.69) is 10.1 Å². The van der Waals surface area contributed by atoms with Crippen LogP contribution in [-0.4, -0.2) is 30.1 Å². The maximum atomic E-state index is 12.1. The molecule has 1 unspecified atom stereocenters. The van der Waals surface area contributed by atoms with Crippen molar-refractivity contribution in [2.45, 2.75) is 26.9 Å². The molecule has 0 spiro atoms. The molecule has 0 radical (unpaired) electrons. The fourth-order valence-corrected chi connectivity index (χ4v) is 1.97. The molecule has 0 bridgehead atoms. The third-order valence-electron chi connectivity index (χ3n) is 2.94. The predicted molar refractivity (Wildman–Crippen MR) is 76.0 cm³/mol. The van der Waals surface area contributed by atoms with E-state index < -0.39 is 24.4 Å². The van der Waals surface area contributed by atoms with Crippen molar-refractivity contribution in [3.63, 3.8) is 0 Å². The highest BCUT2D eigenvalue weighted by molar-refractivity contribution is 5.94. The molecule has 0 heterocycles. The maximum absolute atomic E-state index is 12.1. The predicted octanol–water partition coefficient (Wildman–Crippen LogP) is 2.76. The highest BCUT2D eigenvalue weighted by atomic mass is 19.3. The lowest BCUT2D eigenvalue weighted by atomic mass is 9.97. The van der Waals surface area contributed by atoms with Crippen LogP contribution in [0.1, 0.15) is 30.6 Å². The van der Waals surface area contributed by atoms with Gasteiger partial charge >= 0.3 is 12.6 Å². The number of hydrogen-bond acceptors (Lipinski definition) is 3. The van der Waals surface area contributed by atoms with Gasteiger partial charge in [-0.1, -0.05) is 19.9 Å². The fourth-order valence-electron chi connectivity index (χ4n) is 1.97.